The zero-order valence-electron chi connectivity index (χ0n) is 11.9. The van der Waals surface area contributed by atoms with E-state index in [1.165, 1.54) is 0 Å². The van der Waals surface area contributed by atoms with Crippen molar-refractivity contribution in [1.82, 2.24) is 15.4 Å². The number of H-pyrrole nitrogens is 1. The Morgan fingerprint density at radius 1 is 1.45 bits per heavy atom. The summed E-state index contributed by atoms with van der Waals surface area (Å²) >= 11 is 3.43. The van der Waals surface area contributed by atoms with E-state index in [2.05, 4.69) is 37.9 Å². The highest BCUT2D eigenvalue weighted by Crippen LogP contribution is 2.39. The average molecular weight is 367 g/mol. The van der Waals surface area contributed by atoms with Crippen LogP contribution < -0.4 is 15.2 Å². The third kappa shape index (κ3) is 3.28. The smallest absolute Gasteiger partial charge is 0.271 e. The van der Waals surface area contributed by atoms with Crippen molar-refractivity contribution in [2.75, 3.05) is 13.2 Å². The zero-order valence-corrected chi connectivity index (χ0v) is 13.5. The van der Waals surface area contributed by atoms with Crippen LogP contribution in [0.25, 0.3) is 11.3 Å². The van der Waals surface area contributed by atoms with Gasteiger partial charge in [-0.3, -0.25) is 4.79 Å². The molecule has 0 radical (unpaired) electrons. The SMILES string of the molecule is C=CCOc1c(Br)cc(-c2n[nH]nc2C(N)=O)cc1OCC. The van der Waals surface area contributed by atoms with Crippen LogP contribution in [0.1, 0.15) is 17.4 Å². The van der Waals surface area contributed by atoms with Gasteiger partial charge in [-0.15, -0.1) is 0 Å². The highest BCUT2D eigenvalue weighted by atomic mass is 79.9. The number of benzene rings is 1. The normalized spacial score (nSPS) is 10.3. The molecule has 0 aliphatic heterocycles. The topological polar surface area (TPSA) is 103 Å². The van der Waals surface area contributed by atoms with Gasteiger partial charge in [0.2, 0.25) is 0 Å². The number of rotatable bonds is 7. The van der Waals surface area contributed by atoms with Crippen molar-refractivity contribution < 1.29 is 14.3 Å². The minimum Gasteiger partial charge on any atom is -0.490 e. The number of nitrogens with zero attached hydrogens (tertiary/aromatic N) is 2. The zero-order chi connectivity index (χ0) is 16.1. The molecule has 3 N–H and O–H groups in total. The number of carbonyl (C=O) groups is 1. The summed E-state index contributed by atoms with van der Waals surface area (Å²) in [4.78, 5) is 11.4. The summed E-state index contributed by atoms with van der Waals surface area (Å²) in [7, 11) is 0. The molecule has 1 amide bonds. The molecule has 7 nitrogen and oxygen atoms in total. The highest BCUT2D eigenvalue weighted by Gasteiger charge is 2.19. The lowest BCUT2D eigenvalue weighted by molar-refractivity contribution is 0.0996. The van der Waals surface area contributed by atoms with E-state index < -0.39 is 5.91 Å². The molecule has 0 saturated heterocycles. The van der Waals surface area contributed by atoms with Crippen molar-refractivity contribution in [3.8, 4) is 22.8 Å². The van der Waals surface area contributed by atoms with E-state index in [-0.39, 0.29) is 5.69 Å². The number of aromatic nitrogens is 3. The average Bonchev–Trinajstić information content (AvgIpc) is 2.96. The predicted molar refractivity (Wildman–Crippen MR) is 84.9 cm³/mol. The predicted octanol–water partition coefficient (Wildman–Crippen LogP) is 2.30. The molecule has 1 heterocycles. The summed E-state index contributed by atoms with van der Waals surface area (Å²) < 4.78 is 11.8. The molecule has 0 unspecified atom stereocenters. The number of halogens is 1. The third-order valence-corrected chi connectivity index (χ3v) is 3.30. The summed E-state index contributed by atoms with van der Waals surface area (Å²) in [5.41, 5.74) is 6.33. The number of hydrogen-bond donors (Lipinski definition) is 2. The lowest BCUT2D eigenvalue weighted by Gasteiger charge is -2.14. The van der Waals surface area contributed by atoms with E-state index in [9.17, 15) is 4.79 Å². The van der Waals surface area contributed by atoms with Crippen LogP contribution in [0, 0.1) is 0 Å². The molecule has 0 fully saturated rings. The van der Waals surface area contributed by atoms with Gasteiger partial charge in [0.1, 0.15) is 12.3 Å². The molecule has 0 aliphatic carbocycles. The molecule has 22 heavy (non-hydrogen) atoms. The van der Waals surface area contributed by atoms with Crippen molar-refractivity contribution in [3.63, 3.8) is 0 Å². The van der Waals surface area contributed by atoms with Gasteiger partial charge in [0.15, 0.2) is 17.2 Å². The third-order valence-electron chi connectivity index (χ3n) is 2.71. The second-order valence-electron chi connectivity index (χ2n) is 4.20. The molecule has 116 valence electrons. The molecular formula is C14H15BrN4O3. The number of ether oxygens (including phenoxy) is 2. The van der Waals surface area contributed by atoms with Crippen molar-refractivity contribution in [3.05, 3.63) is 35.0 Å². The molecule has 0 atom stereocenters. The number of aromatic amines is 1. The molecule has 0 spiro atoms. The van der Waals surface area contributed by atoms with Gasteiger partial charge in [0.05, 0.1) is 11.1 Å². The van der Waals surface area contributed by atoms with Crippen molar-refractivity contribution in [1.29, 1.82) is 0 Å². The minimum atomic E-state index is -0.662. The fourth-order valence-electron chi connectivity index (χ4n) is 1.85. The van der Waals surface area contributed by atoms with Crippen LogP contribution in [-0.4, -0.2) is 34.5 Å². The Bertz CT molecular complexity index is 699. The van der Waals surface area contributed by atoms with Crippen LogP contribution in [0.2, 0.25) is 0 Å². The van der Waals surface area contributed by atoms with E-state index >= 15 is 0 Å². The van der Waals surface area contributed by atoms with E-state index in [0.717, 1.165) is 0 Å². The van der Waals surface area contributed by atoms with Crippen LogP contribution in [0.4, 0.5) is 0 Å². The van der Waals surface area contributed by atoms with Crippen LogP contribution in [-0.2, 0) is 0 Å². The standard InChI is InChI=1S/C14H15BrN4O3/c1-3-5-22-13-9(15)6-8(7-10(13)21-4-2)11-12(14(16)20)18-19-17-11/h3,6-7H,1,4-5H2,2H3,(H2,16,20)(H,17,18,19). The molecule has 0 bridgehead atoms. The maximum absolute atomic E-state index is 11.4. The van der Waals surface area contributed by atoms with Gasteiger partial charge in [-0.2, -0.15) is 15.4 Å². The number of carbonyl (C=O) groups excluding carboxylic acids is 1. The van der Waals surface area contributed by atoms with Gasteiger partial charge in [0.25, 0.3) is 5.91 Å². The van der Waals surface area contributed by atoms with E-state index in [1.807, 2.05) is 6.92 Å². The van der Waals surface area contributed by atoms with Gasteiger partial charge in [-0.05, 0) is 35.0 Å². The summed E-state index contributed by atoms with van der Waals surface area (Å²) in [6.07, 6.45) is 1.64. The van der Waals surface area contributed by atoms with Gasteiger partial charge in [-0.25, -0.2) is 0 Å². The Labute approximate surface area is 135 Å². The molecule has 1 aromatic carbocycles. The van der Waals surface area contributed by atoms with Crippen molar-refractivity contribution in [2.45, 2.75) is 6.92 Å². The van der Waals surface area contributed by atoms with Crippen molar-refractivity contribution >= 4 is 21.8 Å². The Balaban J connectivity index is 2.51. The van der Waals surface area contributed by atoms with Crippen LogP contribution in [0.3, 0.4) is 0 Å². The Morgan fingerprint density at radius 2 is 2.23 bits per heavy atom. The van der Waals surface area contributed by atoms with E-state index in [4.69, 9.17) is 15.2 Å². The van der Waals surface area contributed by atoms with Crippen molar-refractivity contribution in [2.24, 2.45) is 5.73 Å². The Morgan fingerprint density at radius 3 is 2.86 bits per heavy atom. The molecule has 0 aliphatic rings. The quantitative estimate of drug-likeness (QED) is 0.731. The monoisotopic (exact) mass is 366 g/mol. The van der Waals surface area contributed by atoms with Crippen LogP contribution >= 0.6 is 15.9 Å². The number of nitrogens with two attached hydrogens (primary N) is 1. The molecule has 2 aromatic rings. The highest BCUT2D eigenvalue weighted by molar-refractivity contribution is 9.10. The summed E-state index contributed by atoms with van der Waals surface area (Å²) in [6, 6.07) is 3.47. The maximum atomic E-state index is 11.4. The summed E-state index contributed by atoms with van der Waals surface area (Å²) in [5, 5.41) is 10.1. The fourth-order valence-corrected chi connectivity index (χ4v) is 2.41. The number of hydrogen-bond acceptors (Lipinski definition) is 5. The number of nitrogens with one attached hydrogen (secondary N) is 1. The largest absolute Gasteiger partial charge is 0.490 e. The van der Waals surface area contributed by atoms with E-state index in [0.29, 0.717) is 40.4 Å². The second-order valence-corrected chi connectivity index (χ2v) is 5.06. The summed E-state index contributed by atoms with van der Waals surface area (Å²) in [6.45, 7) is 6.28. The van der Waals surface area contributed by atoms with Gasteiger partial charge in [0, 0.05) is 5.56 Å². The summed E-state index contributed by atoms with van der Waals surface area (Å²) in [5.74, 6) is 0.409. The second kappa shape index (κ2) is 7.08. The first-order chi connectivity index (χ1) is 10.6. The molecule has 8 heteroatoms. The van der Waals surface area contributed by atoms with Gasteiger partial charge >= 0.3 is 0 Å². The first-order valence-electron chi connectivity index (χ1n) is 6.49. The van der Waals surface area contributed by atoms with Crippen LogP contribution in [0.15, 0.2) is 29.3 Å². The molecule has 1 aromatic heterocycles. The lowest BCUT2D eigenvalue weighted by Crippen LogP contribution is -2.12. The first kappa shape index (κ1) is 16.0. The molecule has 0 saturated carbocycles. The van der Waals surface area contributed by atoms with Crippen LogP contribution in [0.5, 0.6) is 11.5 Å². The lowest BCUT2D eigenvalue weighted by atomic mass is 10.1. The minimum absolute atomic E-state index is 0.0640. The maximum Gasteiger partial charge on any atom is 0.271 e. The Kier molecular flexibility index (Phi) is 5.16. The Hall–Kier alpha value is -2.35. The molecular weight excluding hydrogens is 352 g/mol. The first-order valence-corrected chi connectivity index (χ1v) is 7.28. The van der Waals surface area contributed by atoms with Gasteiger partial charge in [-0.1, -0.05) is 12.7 Å². The number of primary amides is 1. The van der Waals surface area contributed by atoms with E-state index in [1.54, 1.807) is 18.2 Å². The fraction of sp³-hybridized carbons (Fsp3) is 0.214. The number of amides is 1. The molecule has 2 rings (SSSR count). The van der Waals surface area contributed by atoms with Gasteiger partial charge < -0.3 is 15.2 Å².